The van der Waals surface area contributed by atoms with Crippen molar-refractivity contribution < 1.29 is 4.39 Å². The number of rotatable bonds is 2. The second-order valence-electron chi connectivity index (χ2n) is 5.19. The molecule has 3 aromatic heterocycles. The average Bonchev–Trinajstić information content (AvgIpc) is 3.23. The number of hydrogen-bond acceptors (Lipinski definition) is 7. The molecule has 0 radical (unpaired) electrons. The Balaban J connectivity index is 0.000000181. The highest BCUT2D eigenvalue weighted by molar-refractivity contribution is 7.13. The molecule has 0 aliphatic heterocycles. The Hall–Kier alpha value is -1.38. The third kappa shape index (κ3) is 7.94. The third-order valence-corrected chi connectivity index (χ3v) is 5.45. The highest BCUT2D eigenvalue weighted by Crippen LogP contribution is 2.16. The largest absolute Gasteiger partial charge is 0.354 e. The van der Waals surface area contributed by atoms with Crippen LogP contribution in [0.4, 0.5) is 9.52 Å². The van der Waals surface area contributed by atoms with Gasteiger partial charge in [0.15, 0.2) is 5.13 Å². The molecule has 3 rings (SSSR count). The first kappa shape index (κ1) is 20.7. The first-order chi connectivity index (χ1) is 11.3. The molecule has 0 unspecified atom stereocenters. The molecule has 4 nitrogen and oxygen atoms in total. The molecule has 3 aromatic rings. The van der Waals surface area contributed by atoms with Crippen LogP contribution in [-0.4, -0.2) is 29.0 Å². The molecule has 0 aliphatic rings. The summed E-state index contributed by atoms with van der Waals surface area (Å²) in [7, 11) is 4.00. The molecule has 0 saturated carbocycles. The molecule has 0 aliphatic carbocycles. The summed E-state index contributed by atoms with van der Waals surface area (Å²) >= 11 is 4.73. The predicted octanol–water partition coefficient (Wildman–Crippen LogP) is 5.20. The van der Waals surface area contributed by atoms with Gasteiger partial charge in [0, 0.05) is 41.6 Å². The summed E-state index contributed by atoms with van der Waals surface area (Å²) in [5, 5.41) is 8.74. The second kappa shape index (κ2) is 10.5. The number of thiazole rings is 3. The number of nitrogens with zero attached hydrogens (tertiary/aromatic N) is 4. The number of hydrogen-bond donors (Lipinski definition) is 0. The van der Waals surface area contributed by atoms with Gasteiger partial charge in [0.1, 0.15) is 11.7 Å². The number of aryl methyl sites for hydroxylation is 4. The minimum absolute atomic E-state index is 0.432. The molecule has 0 spiro atoms. The lowest BCUT2D eigenvalue weighted by molar-refractivity contribution is 0.483. The number of aromatic nitrogens is 3. The molecule has 0 saturated heterocycles. The lowest BCUT2D eigenvalue weighted by atomic mass is 10.6. The van der Waals surface area contributed by atoms with Crippen LogP contribution in [0.2, 0.25) is 0 Å². The van der Waals surface area contributed by atoms with Gasteiger partial charge in [-0.1, -0.05) is 0 Å². The van der Waals surface area contributed by atoms with Gasteiger partial charge in [-0.05, 0) is 27.7 Å². The quantitative estimate of drug-likeness (QED) is 0.607. The topological polar surface area (TPSA) is 41.9 Å². The van der Waals surface area contributed by atoms with E-state index < -0.39 is 6.67 Å². The zero-order valence-corrected chi connectivity index (χ0v) is 17.3. The van der Waals surface area contributed by atoms with E-state index in [0.717, 1.165) is 27.2 Å². The molecule has 0 aromatic carbocycles. The van der Waals surface area contributed by atoms with E-state index in [1.54, 1.807) is 22.7 Å². The molecular formula is C16H23FN4S3. The molecule has 3 heterocycles. The maximum absolute atomic E-state index is 11.7. The zero-order chi connectivity index (χ0) is 18.1. The Morgan fingerprint density at radius 3 is 1.58 bits per heavy atom. The summed E-state index contributed by atoms with van der Waals surface area (Å²) in [6.07, 6.45) is 0. The number of alkyl halides is 1. The monoisotopic (exact) mass is 386 g/mol. The van der Waals surface area contributed by atoms with E-state index in [1.165, 1.54) is 11.3 Å². The van der Waals surface area contributed by atoms with E-state index in [1.807, 2.05) is 52.1 Å². The van der Waals surface area contributed by atoms with Crippen molar-refractivity contribution in [3.63, 3.8) is 0 Å². The van der Waals surface area contributed by atoms with Crippen LogP contribution in [0.25, 0.3) is 0 Å². The van der Waals surface area contributed by atoms with E-state index >= 15 is 0 Å². The first-order valence-electron chi connectivity index (χ1n) is 7.27. The van der Waals surface area contributed by atoms with Gasteiger partial charge in [-0.25, -0.2) is 19.3 Å². The van der Waals surface area contributed by atoms with Crippen LogP contribution in [0.5, 0.6) is 0 Å². The van der Waals surface area contributed by atoms with Crippen molar-refractivity contribution in [1.82, 2.24) is 15.0 Å². The molecule has 0 atom stereocenters. The van der Waals surface area contributed by atoms with Crippen molar-refractivity contribution >= 4 is 39.1 Å². The molecule has 0 bridgehead atoms. The summed E-state index contributed by atoms with van der Waals surface area (Å²) in [4.78, 5) is 14.3. The second-order valence-corrected chi connectivity index (χ2v) is 8.03. The van der Waals surface area contributed by atoms with Crippen LogP contribution < -0.4 is 4.90 Å². The number of anilines is 1. The van der Waals surface area contributed by atoms with Crippen LogP contribution in [0.3, 0.4) is 0 Å². The predicted molar refractivity (Wildman–Crippen MR) is 104 cm³/mol. The van der Waals surface area contributed by atoms with Crippen molar-refractivity contribution in [3.05, 3.63) is 43.2 Å². The van der Waals surface area contributed by atoms with E-state index in [4.69, 9.17) is 0 Å². The van der Waals surface area contributed by atoms with Gasteiger partial charge in [0.2, 0.25) is 0 Å². The smallest absolute Gasteiger partial charge is 0.184 e. The lowest BCUT2D eigenvalue weighted by Gasteiger charge is -2.04. The maximum atomic E-state index is 11.7. The van der Waals surface area contributed by atoms with Gasteiger partial charge in [0.25, 0.3) is 0 Å². The SMILES string of the molecule is Cc1csc(C)n1.Cc1csc(CF)n1.Cc1csc(N(C)C)n1. The third-order valence-electron chi connectivity index (χ3n) is 2.50. The fourth-order valence-electron chi connectivity index (χ4n) is 1.48. The highest BCUT2D eigenvalue weighted by atomic mass is 32.1. The Labute approximate surface area is 155 Å². The lowest BCUT2D eigenvalue weighted by Crippen LogP contribution is -2.07. The molecule has 0 fully saturated rings. The normalized spacial score (nSPS) is 9.62. The van der Waals surface area contributed by atoms with Crippen LogP contribution >= 0.6 is 34.0 Å². The van der Waals surface area contributed by atoms with E-state index in [2.05, 4.69) is 25.7 Å². The van der Waals surface area contributed by atoms with E-state index in [9.17, 15) is 4.39 Å². The number of halogens is 1. The van der Waals surface area contributed by atoms with Crippen LogP contribution in [0.15, 0.2) is 16.1 Å². The molecule has 0 N–H and O–H groups in total. The van der Waals surface area contributed by atoms with Gasteiger partial charge in [-0.15, -0.1) is 34.0 Å². The zero-order valence-electron chi connectivity index (χ0n) is 14.8. The molecule has 132 valence electrons. The Bertz CT molecular complexity index is 702. The standard InChI is InChI=1S/C6H10N2S.C5H6FNS.C5H7NS/c1-5-4-9-6(7-5)8(2)3;1-4-3-8-5(2-6)7-4;1-4-3-7-5(2)6-4/h4H,1-3H3;3H,2H2,1H3;3H,1-2H3. The minimum atomic E-state index is -0.432. The van der Waals surface area contributed by atoms with Crippen LogP contribution in [-0.2, 0) is 6.67 Å². The first-order valence-corrected chi connectivity index (χ1v) is 9.90. The molecule has 8 heteroatoms. The van der Waals surface area contributed by atoms with Crippen LogP contribution in [0.1, 0.15) is 27.1 Å². The van der Waals surface area contributed by atoms with E-state index in [0.29, 0.717) is 5.01 Å². The van der Waals surface area contributed by atoms with Gasteiger partial charge >= 0.3 is 0 Å². The van der Waals surface area contributed by atoms with Crippen molar-refractivity contribution in [3.8, 4) is 0 Å². The molecule has 24 heavy (non-hydrogen) atoms. The fraction of sp³-hybridized carbons (Fsp3) is 0.438. The Morgan fingerprint density at radius 2 is 1.38 bits per heavy atom. The van der Waals surface area contributed by atoms with E-state index in [-0.39, 0.29) is 0 Å². The summed E-state index contributed by atoms with van der Waals surface area (Å²) in [6, 6.07) is 0. The minimum Gasteiger partial charge on any atom is -0.354 e. The summed E-state index contributed by atoms with van der Waals surface area (Å²) in [5.74, 6) is 0. The van der Waals surface area contributed by atoms with Gasteiger partial charge in [-0.2, -0.15) is 0 Å². The van der Waals surface area contributed by atoms with Crippen LogP contribution in [0, 0.1) is 27.7 Å². The molecule has 0 amide bonds. The van der Waals surface area contributed by atoms with Crippen molar-refractivity contribution in [1.29, 1.82) is 0 Å². The Morgan fingerprint density at radius 1 is 0.833 bits per heavy atom. The average molecular weight is 387 g/mol. The highest BCUT2D eigenvalue weighted by Gasteiger charge is 1.97. The van der Waals surface area contributed by atoms with Gasteiger partial charge in [-0.3, -0.25) is 0 Å². The molecular weight excluding hydrogens is 363 g/mol. The summed E-state index contributed by atoms with van der Waals surface area (Å²) < 4.78 is 11.7. The van der Waals surface area contributed by atoms with Crippen molar-refractivity contribution in [2.45, 2.75) is 34.4 Å². The maximum Gasteiger partial charge on any atom is 0.184 e. The summed E-state index contributed by atoms with van der Waals surface area (Å²) in [6.45, 7) is 7.44. The van der Waals surface area contributed by atoms with Crippen molar-refractivity contribution in [2.75, 3.05) is 19.0 Å². The van der Waals surface area contributed by atoms with Crippen molar-refractivity contribution in [2.24, 2.45) is 0 Å². The summed E-state index contributed by atoms with van der Waals surface area (Å²) in [5.41, 5.74) is 3.13. The Kier molecular flexibility index (Phi) is 9.02. The van der Waals surface area contributed by atoms with Gasteiger partial charge in [0.05, 0.1) is 10.7 Å². The fourth-order valence-corrected chi connectivity index (χ4v) is 3.43. The van der Waals surface area contributed by atoms with Gasteiger partial charge < -0.3 is 4.90 Å².